The van der Waals surface area contributed by atoms with Gasteiger partial charge in [-0.05, 0) is 19.8 Å². The molecule has 1 aromatic heterocycles. The molecule has 0 spiro atoms. The fraction of sp³-hybridized carbons (Fsp3) is 0.667. The number of nitrogens with one attached hydrogen (secondary N) is 2. The highest BCUT2D eigenvalue weighted by Gasteiger charge is 2.26. The standard InChI is InChI=1S/C12H20N4O/c1-2-14-11-6-13-7-12(16-11)15-10-5-3-4-9(10)8-17/h6-7,9-10,17H,2-5,8H2,1H3,(H2,14,15,16). The minimum atomic E-state index is 0.248. The van der Waals surface area contributed by atoms with Crippen LogP contribution in [0.25, 0.3) is 0 Å². The molecule has 1 heterocycles. The number of hydrogen-bond donors (Lipinski definition) is 3. The molecule has 0 amide bonds. The van der Waals surface area contributed by atoms with Crippen molar-refractivity contribution in [1.82, 2.24) is 9.97 Å². The summed E-state index contributed by atoms with van der Waals surface area (Å²) in [6.07, 6.45) is 6.80. The zero-order valence-electron chi connectivity index (χ0n) is 10.2. The number of aromatic nitrogens is 2. The van der Waals surface area contributed by atoms with E-state index in [1.54, 1.807) is 12.4 Å². The van der Waals surface area contributed by atoms with Crippen molar-refractivity contribution < 1.29 is 5.11 Å². The fourth-order valence-corrected chi connectivity index (χ4v) is 2.34. The monoisotopic (exact) mass is 236 g/mol. The zero-order valence-corrected chi connectivity index (χ0v) is 10.2. The molecule has 1 aliphatic rings. The van der Waals surface area contributed by atoms with Crippen LogP contribution in [0.4, 0.5) is 11.6 Å². The molecule has 1 aromatic rings. The molecular formula is C12H20N4O. The van der Waals surface area contributed by atoms with Crippen LogP contribution in [0.15, 0.2) is 12.4 Å². The van der Waals surface area contributed by atoms with Crippen LogP contribution >= 0.6 is 0 Å². The molecule has 94 valence electrons. The molecule has 0 radical (unpaired) electrons. The van der Waals surface area contributed by atoms with E-state index in [1.165, 1.54) is 6.42 Å². The summed E-state index contributed by atoms with van der Waals surface area (Å²) in [4.78, 5) is 8.57. The second-order valence-electron chi connectivity index (χ2n) is 4.44. The van der Waals surface area contributed by atoms with Crippen LogP contribution in [0.2, 0.25) is 0 Å². The minimum absolute atomic E-state index is 0.248. The van der Waals surface area contributed by atoms with Gasteiger partial charge in [-0.2, -0.15) is 0 Å². The van der Waals surface area contributed by atoms with E-state index in [1.807, 2.05) is 6.92 Å². The first-order chi connectivity index (χ1) is 8.33. The predicted octanol–water partition coefficient (Wildman–Crippen LogP) is 1.48. The topological polar surface area (TPSA) is 70.1 Å². The quantitative estimate of drug-likeness (QED) is 0.722. The molecule has 2 rings (SSSR count). The Labute approximate surface area is 102 Å². The Kier molecular flexibility index (Phi) is 4.14. The van der Waals surface area contributed by atoms with Gasteiger partial charge in [0, 0.05) is 25.1 Å². The lowest BCUT2D eigenvalue weighted by molar-refractivity contribution is 0.222. The first-order valence-electron chi connectivity index (χ1n) is 6.26. The van der Waals surface area contributed by atoms with E-state index in [4.69, 9.17) is 0 Å². The Hall–Kier alpha value is -1.36. The van der Waals surface area contributed by atoms with E-state index in [0.29, 0.717) is 12.0 Å². The van der Waals surface area contributed by atoms with Crippen LogP contribution in [0, 0.1) is 5.92 Å². The maximum Gasteiger partial charge on any atom is 0.147 e. The summed E-state index contributed by atoms with van der Waals surface area (Å²) in [5.74, 6) is 1.92. The van der Waals surface area contributed by atoms with E-state index in [0.717, 1.165) is 31.0 Å². The molecular weight excluding hydrogens is 216 g/mol. The van der Waals surface area contributed by atoms with E-state index in [2.05, 4.69) is 20.6 Å². The third-order valence-electron chi connectivity index (χ3n) is 3.22. The van der Waals surface area contributed by atoms with Crippen molar-refractivity contribution in [2.24, 2.45) is 5.92 Å². The van der Waals surface area contributed by atoms with Gasteiger partial charge in [-0.1, -0.05) is 6.42 Å². The third-order valence-corrected chi connectivity index (χ3v) is 3.22. The molecule has 5 heteroatoms. The lowest BCUT2D eigenvalue weighted by Gasteiger charge is -2.19. The first-order valence-corrected chi connectivity index (χ1v) is 6.26. The van der Waals surface area contributed by atoms with Crippen molar-refractivity contribution in [2.45, 2.75) is 32.2 Å². The number of anilines is 2. The van der Waals surface area contributed by atoms with Crippen LogP contribution in [0.3, 0.4) is 0 Å². The maximum absolute atomic E-state index is 9.26. The lowest BCUT2D eigenvalue weighted by atomic mass is 10.1. The highest BCUT2D eigenvalue weighted by Crippen LogP contribution is 2.27. The van der Waals surface area contributed by atoms with Gasteiger partial charge in [0.2, 0.25) is 0 Å². The Morgan fingerprint density at radius 2 is 2.18 bits per heavy atom. The van der Waals surface area contributed by atoms with Crippen molar-refractivity contribution in [3.63, 3.8) is 0 Å². The molecule has 1 fully saturated rings. The summed E-state index contributed by atoms with van der Waals surface area (Å²) >= 11 is 0. The number of aliphatic hydroxyl groups excluding tert-OH is 1. The van der Waals surface area contributed by atoms with Gasteiger partial charge < -0.3 is 15.7 Å². The summed E-state index contributed by atoms with van der Waals surface area (Å²) in [6.45, 7) is 3.11. The Morgan fingerprint density at radius 3 is 2.94 bits per heavy atom. The van der Waals surface area contributed by atoms with Gasteiger partial charge in [0.15, 0.2) is 0 Å². The average Bonchev–Trinajstić information content (AvgIpc) is 2.77. The SMILES string of the molecule is CCNc1cncc(NC2CCCC2CO)n1. The molecule has 0 aliphatic heterocycles. The van der Waals surface area contributed by atoms with Crippen LogP contribution in [-0.4, -0.2) is 34.3 Å². The summed E-state index contributed by atoms with van der Waals surface area (Å²) in [5.41, 5.74) is 0. The van der Waals surface area contributed by atoms with Crippen molar-refractivity contribution in [3.05, 3.63) is 12.4 Å². The third kappa shape index (κ3) is 3.06. The largest absolute Gasteiger partial charge is 0.396 e. The maximum atomic E-state index is 9.26. The predicted molar refractivity (Wildman–Crippen MR) is 68.0 cm³/mol. The fourth-order valence-electron chi connectivity index (χ4n) is 2.34. The molecule has 1 aliphatic carbocycles. The van der Waals surface area contributed by atoms with Crippen molar-refractivity contribution in [3.8, 4) is 0 Å². The number of hydrogen-bond acceptors (Lipinski definition) is 5. The number of aliphatic hydroxyl groups is 1. The summed E-state index contributed by atoms with van der Waals surface area (Å²) in [5, 5.41) is 15.8. The molecule has 3 N–H and O–H groups in total. The molecule has 5 nitrogen and oxygen atoms in total. The van der Waals surface area contributed by atoms with Crippen LogP contribution in [0.1, 0.15) is 26.2 Å². The van der Waals surface area contributed by atoms with Gasteiger partial charge in [0.1, 0.15) is 11.6 Å². The molecule has 2 unspecified atom stereocenters. The Bertz CT molecular complexity index is 358. The highest BCUT2D eigenvalue weighted by atomic mass is 16.3. The van der Waals surface area contributed by atoms with Crippen molar-refractivity contribution in [2.75, 3.05) is 23.8 Å². The van der Waals surface area contributed by atoms with Gasteiger partial charge in [-0.25, -0.2) is 4.98 Å². The van der Waals surface area contributed by atoms with Gasteiger partial charge in [0.05, 0.1) is 12.4 Å². The van der Waals surface area contributed by atoms with Gasteiger partial charge in [-0.15, -0.1) is 0 Å². The van der Waals surface area contributed by atoms with Crippen LogP contribution < -0.4 is 10.6 Å². The van der Waals surface area contributed by atoms with Gasteiger partial charge in [0.25, 0.3) is 0 Å². The normalized spacial score (nSPS) is 23.6. The first kappa shape index (κ1) is 12.1. The van der Waals surface area contributed by atoms with Crippen LogP contribution in [-0.2, 0) is 0 Å². The highest BCUT2D eigenvalue weighted by molar-refractivity contribution is 5.42. The molecule has 2 atom stereocenters. The number of rotatable bonds is 5. The smallest absolute Gasteiger partial charge is 0.147 e. The molecule has 0 saturated heterocycles. The summed E-state index contributed by atoms with van der Waals surface area (Å²) in [7, 11) is 0. The zero-order chi connectivity index (χ0) is 12.1. The van der Waals surface area contributed by atoms with Gasteiger partial charge >= 0.3 is 0 Å². The average molecular weight is 236 g/mol. The van der Waals surface area contributed by atoms with E-state index in [9.17, 15) is 5.11 Å². The van der Waals surface area contributed by atoms with E-state index >= 15 is 0 Å². The molecule has 0 bridgehead atoms. The molecule has 1 saturated carbocycles. The number of nitrogens with zero attached hydrogens (tertiary/aromatic N) is 2. The van der Waals surface area contributed by atoms with Crippen molar-refractivity contribution >= 4 is 11.6 Å². The van der Waals surface area contributed by atoms with E-state index in [-0.39, 0.29) is 6.61 Å². The van der Waals surface area contributed by atoms with Gasteiger partial charge in [-0.3, -0.25) is 4.98 Å². The Morgan fingerprint density at radius 1 is 1.35 bits per heavy atom. The van der Waals surface area contributed by atoms with Crippen molar-refractivity contribution in [1.29, 1.82) is 0 Å². The second-order valence-corrected chi connectivity index (χ2v) is 4.44. The van der Waals surface area contributed by atoms with Crippen LogP contribution in [0.5, 0.6) is 0 Å². The lowest BCUT2D eigenvalue weighted by Crippen LogP contribution is -2.26. The molecule has 0 aromatic carbocycles. The minimum Gasteiger partial charge on any atom is -0.396 e. The Balaban J connectivity index is 2.00. The molecule has 17 heavy (non-hydrogen) atoms. The second kappa shape index (κ2) is 5.82. The summed E-state index contributed by atoms with van der Waals surface area (Å²) < 4.78 is 0. The summed E-state index contributed by atoms with van der Waals surface area (Å²) in [6, 6.07) is 0.325. The van der Waals surface area contributed by atoms with E-state index < -0.39 is 0 Å².